The van der Waals surface area contributed by atoms with Crippen molar-refractivity contribution in [1.82, 2.24) is 5.32 Å². The van der Waals surface area contributed by atoms with Gasteiger partial charge in [-0.3, -0.25) is 0 Å². The number of ether oxygens (including phenoxy) is 1. The summed E-state index contributed by atoms with van der Waals surface area (Å²) in [6.45, 7) is 3.69. The Morgan fingerprint density at radius 1 is 1.21 bits per heavy atom. The van der Waals surface area contributed by atoms with Gasteiger partial charge in [0, 0.05) is 19.2 Å². The highest BCUT2D eigenvalue weighted by molar-refractivity contribution is 4.84. The monoisotopic (exact) mass is 279 g/mol. The summed E-state index contributed by atoms with van der Waals surface area (Å²) in [6.07, 6.45) is 0.373. The Labute approximate surface area is 113 Å². The third kappa shape index (κ3) is 4.09. The van der Waals surface area contributed by atoms with Gasteiger partial charge in [-0.15, -0.1) is 0 Å². The fourth-order valence-corrected chi connectivity index (χ4v) is 3.37. The summed E-state index contributed by atoms with van der Waals surface area (Å²) in [7, 11) is 0. The van der Waals surface area contributed by atoms with Gasteiger partial charge in [0.05, 0.1) is 12.0 Å². The summed E-state index contributed by atoms with van der Waals surface area (Å²) in [5.74, 6) is -0.642. The lowest BCUT2D eigenvalue weighted by Gasteiger charge is -2.32. The van der Waals surface area contributed by atoms with Crippen molar-refractivity contribution in [2.75, 3.05) is 13.2 Å². The molecule has 112 valence electrons. The molecule has 0 spiro atoms. The lowest BCUT2D eigenvalue weighted by atomic mass is 9.85. The third-order valence-corrected chi connectivity index (χ3v) is 4.55. The van der Waals surface area contributed by atoms with Crippen LogP contribution in [0.3, 0.4) is 0 Å². The molecule has 4 atom stereocenters. The minimum absolute atomic E-state index is 0.0264. The summed E-state index contributed by atoms with van der Waals surface area (Å²) in [5.41, 5.74) is 0. The molecule has 19 heavy (non-hydrogen) atoms. The predicted molar refractivity (Wildman–Crippen MR) is 67.9 cm³/mol. The molecule has 2 aliphatic rings. The van der Waals surface area contributed by atoms with Crippen LogP contribution in [0.5, 0.6) is 0 Å². The zero-order valence-corrected chi connectivity index (χ0v) is 11.5. The zero-order chi connectivity index (χ0) is 13.9. The maximum absolute atomic E-state index is 12.7. The second-order valence-corrected chi connectivity index (χ2v) is 5.88. The van der Waals surface area contributed by atoms with Crippen molar-refractivity contribution in [2.24, 2.45) is 11.8 Å². The van der Waals surface area contributed by atoms with Crippen molar-refractivity contribution in [2.45, 2.75) is 63.8 Å². The molecule has 1 aliphatic heterocycles. The average molecular weight is 279 g/mol. The van der Waals surface area contributed by atoms with Crippen LogP contribution < -0.4 is 5.32 Å². The van der Waals surface area contributed by atoms with Gasteiger partial charge in [-0.05, 0) is 38.0 Å². The fraction of sp³-hybridized carbons (Fsp3) is 1.00. The quantitative estimate of drug-likeness (QED) is 0.850. The first-order valence-corrected chi connectivity index (χ1v) is 7.42. The van der Waals surface area contributed by atoms with Crippen LogP contribution in [0.2, 0.25) is 0 Å². The van der Waals surface area contributed by atoms with Crippen molar-refractivity contribution in [3.8, 4) is 0 Å². The van der Waals surface area contributed by atoms with Crippen molar-refractivity contribution in [3.05, 3.63) is 0 Å². The van der Waals surface area contributed by atoms with E-state index in [-0.39, 0.29) is 18.6 Å². The van der Waals surface area contributed by atoms with Crippen molar-refractivity contribution < 1.29 is 17.9 Å². The number of hydrogen-bond acceptors (Lipinski definition) is 2. The minimum Gasteiger partial charge on any atom is -0.378 e. The maximum atomic E-state index is 12.7. The highest BCUT2D eigenvalue weighted by atomic mass is 19.4. The van der Waals surface area contributed by atoms with Gasteiger partial charge in [-0.25, -0.2) is 0 Å². The molecule has 2 fully saturated rings. The fourth-order valence-electron chi connectivity index (χ4n) is 3.37. The number of halogens is 3. The Morgan fingerprint density at radius 3 is 2.68 bits per heavy atom. The number of alkyl halides is 3. The average Bonchev–Trinajstić information content (AvgIpc) is 2.83. The van der Waals surface area contributed by atoms with Gasteiger partial charge in [-0.2, -0.15) is 13.2 Å². The van der Waals surface area contributed by atoms with E-state index in [0.717, 1.165) is 32.4 Å². The minimum atomic E-state index is -4.03. The van der Waals surface area contributed by atoms with E-state index in [1.165, 1.54) is 0 Å². The number of hydrogen-bond donors (Lipinski definition) is 1. The van der Waals surface area contributed by atoms with Crippen LogP contribution in [0.25, 0.3) is 0 Å². The van der Waals surface area contributed by atoms with Gasteiger partial charge in [0.15, 0.2) is 0 Å². The molecule has 1 aliphatic carbocycles. The van der Waals surface area contributed by atoms with E-state index in [2.05, 4.69) is 12.2 Å². The number of nitrogens with one attached hydrogen (secondary N) is 1. The third-order valence-electron chi connectivity index (χ3n) is 4.55. The molecule has 0 aromatic heterocycles. The highest BCUT2D eigenvalue weighted by Gasteiger charge is 2.42. The summed E-state index contributed by atoms with van der Waals surface area (Å²) < 4.78 is 43.8. The highest BCUT2D eigenvalue weighted by Crippen LogP contribution is 2.37. The molecule has 1 saturated heterocycles. The normalized spacial score (nSPS) is 36.6. The van der Waals surface area contributed by atoms with Gasteiger partial charge < -0.3 is 10.1 Å². The predicted octanol–water partition coefficient (Wildman–Crippen LogP) is 3.51. The molecule has 0 amide bonds. The van der Waals surface area contributed by atoms with E-state index in [4.69, 9.17) is 4.74 Å². The Bertz CT molecular complexity index is 282. The molecule has 0 radical (unpaired) electrons. The maximum Gasteiger partial charge on any atom is 0.391 e. The summed E-state index contributed by atoms with van der Waals surface area (Å²) in [6, 6.07) is 0.0264. The van der Waals surface area contributed by atoms with Gasteiger partial charge in [0.2, 0.25) is 0 Å². The van der Waals surface area contributed by atoms with Gasteiger partial charge >= 0.3 is 6.18 Å². The summed E-state index contributed by atoms with van der Waals surface area (Å²) in [4.78, 5) is 0. The molecule has 1 saturated carbocycles. The van der Waals surface area contributed by atoms with Crippen LogP contribution in [0.15, 0.2) is 0 Å². The molecular weight excluding hydrogens is 255 g/mol. The van der Waals surface area contributed by atoms with E-state index in [0.29, 0.717) is 18.8 Å². The molecule has 2 nitrogen and oxygen atoms in total. The molecule has 0 aromatic carbocycles. The largest absolute Gasteiger partial charge is 0.391 e. The Balaban J connectivity index is 1.76. The smallest absolute Gasteiger partial charge is 0.378 e. The van der Waals surface area contributed by atoms with Crippen molar-refractivity contribution in [3.63, 3.8) is 0 Å². The topological polar surface area (TPSA) is 21.3 Å². The molecule has 1 N–H and O–H groups in total. The van der Waals surface area contributed by atoms with E-state index >= 15 is 0 Å². The van der Waals surface area contributed by atoms with E-state index < -0.39 is 12.1 Å². The van der Waals surface area contributed by atoms with E-state index in [1.54, 1.807) is 0 Å². The van der Waals surface area contributed by atoms with Crippen LogP contribution in [0.4, 0.5) is 13.2 Å². The van der Waals surface area contributed by atoms with Crippen LogP contribution in [0, 0.1) is 11.8 Å². The molecule has 0 bridgehead atoms. The van der Waals surface area contributed by atoms with Crippen LogP contribution >= 0.6 is 0 Å². The molecule has 5 heteroatoms. The van der Waals surface area contributed by atoms with E-state index in [9.17, 15) is 13.2 Å². The van der Waals surface area contributed by atoms with Crippen molar-refractivity contribution >= 4 is 0 Å². The molecule has 4 unspecified atom stereocenters. The van der Waals surface area contributed by atoms with Gasteiger partial charge in [-0.1, -0.05) is 13.3 Å². The Morgan fingerprint density at radius 2 is 2.00 bits per heavy atom. The lowest BCUT2D eigenvalue weighted by molar-refractivity contribution is -0.183. The van der Waals surface area contributed by atoms with Crippen LogP contribution in [-0.4, -0.2) is 31.5 Å². The molecule has 0 aromatic rings. The Hall–Kier alpha value is -0.290. The zero-order valence-electron chi connectivity index (χ0n) is 11.5. The SMILES string of the molecule is CCC1OCCC1CNC1CCCC(C(F)(F)F)C1. The molecule has 2 rings (SSSR count). The second-order valence-electron chi connectivity index (χ2n) is 5.88. The first-order valence-electron chi connectivity index (χ1n) is 7.42. The summed E-state index contributed by atoms with van der Waals surface area (Å²) in [5, 5.41) is 3.35. The van der Waals surface area contributed by atoms with E-state index in [1.807, 2.05) is 0 Å². The molecule has 1 heterocycles. The van der Waals surface area contributed by atoms with Crippen LogP contribution in [-0.2, 0) is 4.74 Å². The lowest BCUT2D eigenvalue weighted by Crippen LogP contribution is -2.41. The summed E-state index contributed by atoms with van der Waals surface area (Å²) >= 11 is 0. The first kappa shape index (κ1) is 15.1. The number of rotatable bonds is 4. The van der Waals surface area contributed by atoms with Gasteiger partial charge in [0.1, 0.15) is 0 Å². The van der Waals surface area contributed by atoms with Crippen molar-refractivity contribution in [1.29, 1.82) is 0 Å². The van der Waals surface area contributed by atoms with Crippen LogP contribution in [0.1, 0.15) is 45.4 Å². The first-order chi connectivity index (χ1) is 9.00. The standard InChI is InChI=1S/C14H24F3NO/c1-2-13-10(6-7-19-13)9-18-12-5-3-4-11(8-12)14(15,16)17/h10-13,18H,2-9H2,1H3. The Kier molecular flexibility index (Phi) is 5.12. The van der Waals surface area contributed by atoms with Gasteiger partial charge in [0.25, 0.3) is 0 Å². The molecular formula is C14H24F3NO. The second kappa shape index (κ2) is 6.44.